The second-order valence-corrected chi connectivity index (χ2v) is 5.73. The van der Waals surface area contributed by atoms with Crippen molar-refractivity contribution in [3.8, 4) is 11.5 Å². The summed E-state index contributed by atoms with van der Waals surface area (Å²) in [5, 5.41) is 16.1. The van der Waals surface area contributed by atoms with Crippen LogP contribution in [0, 0.1) is 10.1 Å². The third-order valence-corrected chi connectivity index (χ3v) is 4.03. The Balaban J connectivity index is 1.97. The van der Waals surface area contributed by atoms with Crippen molar-refractivity contribution >= 4 is 28.1 Å². The molecule has 0 radical (unpaired) electrons. The van der Waals surface area contributed by atoms with Crippen molar-refractivity contribution in [2.24, 2.45) is 0 Å². The van der Waals surface area contributed by atoms with Crippen LogP contribution in [0.5, 0.6) is 11.5 Å². The highest BCUT2D eigenvalue weighted by Crippen LogP contribution is 2.35. The first-order valence-corrected chi connectivity index (χ1v) is 8.33. The van der Waals surface area contributed by atoms with Gasteiger partial charge >= 0.3 is 0 Å². The molecule has 0 atom stereocenters. The maximum absolute atomic E-state index is 12.7. The van der Waals surface area contributed by atoms with Gasteiger partial charge in [0.2, 0.25) is 0 Å². The summed E-state index contributed by atoms with van der Waals surface area (Å²) in [6, 6.07) is 15.7. The molecule has 3 aromatic rings. The predicted octanol–water partition coefficient (Wildman–Crippen LogP) is 4.41. The minimum absolute atomic E-state index is 0.103. The minimum Gasteiger partial charge on any atom is -0.493 e. The van der Waals surface area contributed by atoms with Crippen LogP contribution in [0.3, 0.4) is 0 Å². The molecule has 1 N–H and O–H groups in total. The van der Waals surface area contributed by atoms with Crippen molar-refractivity contribution in [1.29, 1.82) is 0 Å². The average molecular weight is 366 g/mol. The van der Waals surface area contributed by atoms with Crippen molar-refractivity contribution < 1.29 is 19.2 Å². The largest absolute Gasteiger partial charge is 0.493 e. The van der Waals surface area contributed by atoms with Crippen LogP contribution in [-0.4, -0.2) is 24.5 Å². The second kappa shape index (κ2) is 7.74. The Kier molecular flexibility index (Phi) is 5.21. The molecule has 7 nitrogen and oxygen atoms in total. The number of benzene rings is 3. The number of methoxy groups -OCH3 is 1. The fourth-order valence-electron chi connectivity index (χ4n) is 2.78. The quantitative estimate of drug-likeness (QED) is 0.515. The summed E-state index contributed by atoms with van der Waals surface area (Å²) in [4.78, 5) is 23.5. The Hall–Kier alpha value is -3.61. The molecule has 3 aromatic carbocycles. The van der Waals surface area contributed by atoms with Crippen LogP contribution in [0.2, 0.25) is 0 Å². The monoisotopic (exact) mass is 366 g/mol. The zero-order valence-corrected chi connectivity index (χ0v) is 14.9. The zero-order chi connectivity index (χ0) is 19.4. The molecule has 0 aliphatic rings. The van der Waals surface area contributed by atoms with Crippen molar-refractivity contribution in [3.63, 3.8) is 0 Å². The summed E-state index contributed by atoms with van der Waals surface area (Å²) < 4.78 is 10.6. The van der Waals surface area contributed by atoms with Gasteiger partial charge in [0, 0.05) is 11.8 Å². The Labute approximate surface area is 155 Å². The van der Waals surface area contributed by atoms with E-state index in [1.165, 1.54) is 19.2 Å². The van der Waals surface area contributed by atoms with Crippen LogP contribution < -0.4 is 14.8 Å². The molecule has 0 saturated carbocycles. The number of nitrogens with one attached hydrogen (secondary N) is 1. The Morgan fingerprint density at radius 2 is 1.81 bits per heavy atom. The van der Waals surface area contributed by atoms with Gasteiger partial charge in [0.15, 0.2) is 11.5 Å². The molecule has 0 spiro atoms. The SMILES string of the molecule is CCOc1cc([N+](=O)[O-])c(C(=O)Nc2ccc3ccccc3c2)cc1OC. The number of nitro benzene ring substituents is 1. The molecule has 27 heavy (non-hydrogen) atoms. The summed E-state index contributed by atoms with van der Waals surface area (Å²) >= 11 is 0. The number of amides is 1. The third-order valence-electron chi connectivity index (χ3n) is 4.03. The summed E-state index contributed by atoms with van der Waals surface area (Å²) in [6.07, 6.45) is 0. The van der Waals surface area contributed by atoms with E-state index in [4.69, 9.17) is 9.47 Å². The molecule has 7 heteroatoms. The number of carbonyl (C=O) groups is 1. The molecule has 0 bridgehead atoms. The van der Waals surface area contributed by atoms with Crippen LogP contribution in [-0.2, 0) is 0 Å². The van der Waals surface area contributed by atoms with Gasteiger partial charge in [0.1, 0.15) is 5.56 Å². The van der Waals surface area contributed by atoms with Crippen molar-refractivity contribution in [1.82, 2.24) is 0 Å². The summed E-state index contributed by atoms with van der Waals surface area (Å²) in [6.45, 7) is 2.07. The van der Waals surface area contributed by atoms with Gasteiger partial charge in [-0.1, -0.05) is 30.3 Å². The van der Waals surface area contributed by atoms with Gasteiger partial charge in [0.05, 0.1) is 24.7 Å². The van der Waals surface area contributed by atoms with Crippen molar-refractivity contribution in [2.75, 3.05) is 19.0 Å². The standard InChI is InChI=1S/C20H18N2O5/c1-3-27-19-12-17(22(24)25)16(11-18(19)26-2)20(23)21-15-9-8-13-6-4-5-7-14(13)10-15/h4-12H,3H2,1-2H3,(H,21,23). The molecule has 0 aromatic heterocycles. The maximum atomic E-state index is 12.7. The van der Waals surface area contributed by atoms with Crippen LogP contribution >= 0.6 is 0 Å². The number of nitro groups is 1. The number of anilines is 1. The molecule has 0 aliphatic carbocycles. The molecular weight excluding hydrogens is 348 g/mol. The van der Waals surface area contributed by atoms with E-state index in [0.29, 0.717) is 12.3 Å². The smallest absolute Gasteiger partial charge is 0.286 e. The minimum atomic E-state index is -0.614. The second-order valence-electron chi connectivity index (χ2n) is 5.73. The first kappa shape index (κ1) is 18.2. The molecule has 0 fully saturated rings. The fourth-order valence-corrected chi connectivity index (χ4v) is 2.78. The van der Waals surface area contributed by atoms with E-state index in [9.17, 15) is 14.9 Å². The summed E-state index contributed by atoms with van der Waals surface area (Å²) in [5.41, 5.74) is 0.0897. The molecular formula is C20H18N2O5. The summed E-state index contributed by atoms with van der Waals surface area (Å²) in [7, 11) is 1.41. The van der Waals surface area contributed by atoms with E-state index in [0.717, 1.165) is 10.8 Å². The van der Waals surface area contributed by atoms with E-state index in [-0.39, 0.29) is 22.7 Å². The highest BCUT2D eigenvalue weighted by Gasteiger charge is 2.25. The van der Waals surface area contributed by atoms with Gasteiger partial charge in [-0.2, -0.15) is 0 Å². The lowest BCUT2D eigenvalue weighted by Crippen LogP contribution is -2.14. The average Bonchev–Trinajstić information content (AvgIpc) is 2.67. The number of rotatable bonds is 6. The topological polar surface area (TPSA) is 90.7 Å². The van der Waals surface area contributed by atoms with Gasteiger partial charge < -0.3 is 14.8 Å². The zero-order valence-electron chi connectivity index (χ0n) is 14.9. The third kappa shape index (κ3) is 3.82. The van der Waals surface area contributed by atoms with E-state index >= 15 is 0 Å². The van der Waals surface area contributed by atoms with Gasteiger partial charge in [-0.3, -0.25) is 14.9 Å². The lowest BCUT2D eigenvalue weighted by Gasteiger charge is -2.12. The number of nitrogens with zero attached hydrogens (tertiary/aromatic N) is 1. The molecule has 0 unspecified atom stereocenters. The van der Waals surface area contributed by atoms with Crippen molar-refractivity contribution in [2.45, 2.75) is 6.92 Å². The summed E-state index contributed by atoms with van der Waals surface area (Å²) in [5.74, 6) is -0.126. The lowest BCUT2D eigenvalue weighted by atomic mass is 10.1. The lowest BCUT2D eigenvalue weighted by molar-refractivity contribution is -0.385. The van der Waals surface area contributed by atoms with Crippen molar-refractivity contribution in [3.05, 3.63) is 70.3 Å². The molecule has 0 saturated heterocycles. The van der Waals surface area contributed by atoms with E-state index < -0.39 is 10.8 Å². The van der Waals surface area contributed by atoms with Gasteiger partial charge in [-0.25, -0.2) is 0 Å². The van der Waals surface area contributed by atoms with Crippen LogP contribution in [0.1, 0.15) is 17.3 Å². The first-order chi connectivity index (χ1) is 13.0. The Morgan fingerprint density at radius 3 is 2.48 bits per heavy atom. The van der Waals surface area contributed by atoms with Gasteiger partial charge in [0.25, 0.3) is 11.6 Å². The fraction of sp³-hybridized carbons (Fsp3) is 0.150. The van der Waals surface area contributed by atoms with E-state index in [1.54, 1.807) is 13.0 Å². The van der Waals surface area contributed by atoms with Gasteiger partial charge in [-0.15, -0.1) is 0 Å². The van der Waals surface area contributed by atoms with Crippen LogP contribution in [0.15, 0.2) is 54.6 Å². The molecule has 0 heterocycles. The van der Waals surface area contributed by atoms with Crippen LogP contribution in [0.4, 0.5) is 11.4 Å². The molecule has 0 aliphatic heterocycles. The highest BCUT2D eigenvalue weighted by atomic mass is 16.6. The first-order valence-electron chi connectivity index (χ1n) is 8.33. The number of carbonyl (C=O) groups excluding carboxylic acids is 1. The number of hydrogen-bond acceptors (Lipinski definition) is 5. The highest BCUT2D eigenvalue weighted by molar-refractivity contribution is 6.08. The van der Waals surface area contributed by atoms with Crippen LogP contribution in [0.25, 0.3) is 10.8 Å². The maximum Gasteiger partial charge on any atom is 0.286 e. The number of fused-ring (bicyclic) bond motifs is 1. The Bertz CT molecular complexity index is 1020. The normalized spacial score (nSPS) is 10.4. The van der Waals surface area contributed by atoms with E-state index in [2.05, 4.69) is 5.32 Å². The number of hydrogen-bond donors (Lipinski definition) is 1. The molecule has 1 amide bonds. The number of ether oxygens (including phenoxy) is 2. The molecule has 3 rings (SSSR count). The van der Waals surface area contributed by atoms with Gasteiger partial charge in [-0.05, 0) is 29.8 Å². The molecule has 138 valence electrons. The predicted molar refractivity (Wildman–Crippen MR) is 103 cm³/mol. The van der Waals surface area contributed by atoms with E-state index in [1.807, 2.05) is 36.4 Å². The Morgan fingerprint density at radius 1 is 1.07 bits per heavy atom.